The molecule has 11 rings (SSSR count). The highest BCUT2D eigenvalue weighted by Crippen LogP contribution is 2.39. The highest BCUT2D eigenvalue weighted by molar-refractivity contribution is 6.14. The van der Waals surface area contributed by atoms with Crippen LogP contribution in [-0.4, -0.2) is 19.5 Å². The van der Waals surface area contributed by atoms with Crippen molar-refractivity contribution in [3.8, 4) is 62.1 Å². The second-order valence-corrected chi connectivity index (χ2v) is 13.1. The molecule has 0 aliphatic rings. The van der Waals surface area contributed by atoms with Gasteiger partial charge in [0.25, 0.3) is 0 Å². The summed E-state index contributed by atoms with van der Waals surface area (Å²) in [7, 11) is 0. The Balaban J connectivity index is 1.19. The molecule has 0 bridgehead atoms. The average molecular weight is 729 g/mol. The van der Waals surface area contributed by atoms with Crippen molar-refractivity contribution in [3.63, 3.8) is 0 Å². The van der Waals surface area contributed by atoms with Crippen LogP contribution >= 0.6 is 0 Å². The van der Waals surface area contributed by atoms with Gasteiger partial charge in [-0.3, -0.25) is 0 Å². The highest BCUT2D eigenvalue weighted by atomic mass is 16.3. The zero-order valence-corrected chi connectivity index (χ0v) is 29.2. The van der Waals surface area contributed by atoms with Crippen LogP contribution in [-0.2, 0) is 0 Å². The number of hydrogen-bond acceptors (Lipinski definition) is 4. The van der Waals surface area contributed by atoms with Crippen molar-refractivity contribution in [3.05, 3.63) is 194 Å². The summed E-state index contributed by atoms with van der Waals surface area (Å²) in [5.41, 5.74) is 4.41. The van der Waals surface area contributed by atoms with E-state index in [1.54, 1.807) is 24.3 Å². The third kappa shape index (κ3) is 5.37. The van der Waals surface area contributed by atoms with Gasteiger partial charge in [-0.1, -0.05) is 145 Å². The first-order valence-corrected chi connectivity index (χ1v) is 17.8. The van der Waals surface area contributed by atoms with Crippen molar-refractivity contribution in [1.29, 1.82) is 0 Å². The lowest BCUT2D eigenvalue weighted by Gasteiger charge is -2.13. The summed E-state index contributed by atoms with van der Waals surface area (Å²) in [5, 5.41) is 1.51. The van der Waals surface area contributed by atoms with Gasteiger partial charge in [0.05, 0.1) is 27.5 Å². The minimum atomic E-state index is -0.704. The Bertz CT molecular complexity index is 3940. The fourth-order valence-electron chi connectivity index (χ4n) is 7.27. The molecule has 262 valence electrons. The second-order valence-electron chi connectivity index (χ2n) is 13.1. The van der Waals surface area contributed by atoms with Crippen LogP contribution in [0.15, 0.2) is 198 Å². The molecule has 0 fully saturated rings. The maximum atomic E-state index is 9.43. The predicted molar refractivity (Wildman–Crippen MR) is 229 cm³/mol. The van der Waals surface area contributed by atoms with Crippen LogP contribution in [0.3, 0.4) is 0 Å². The van der Waals surface area contributed by atoms with Gasteiger partial charge in [0.2, 0.25) is 0 Å². The van der Waals surface area contributed by atoms with Gasteiger partial charge in [-0.25, -0.2) is 15.0 Å². The van der Waals surface area contributed by atoms with Crippen molar-refractivity contribution in [2.45, 2.75) is 0 Å². The van der Waals surface area contributed by atoms with Crippen LogP contribution in [0.5, 0.6) is 0 Å². The van der Waals surface area contributed by atoms with E-state index in [2.05, 4.69) is 0 Å². The summed E-state index contributed by atoms with van der Waals surface area (Å²) < 4.78 is 114. The topological polar surface area (TPSA) is 56.7 Å². The number of furan rings is 1. The smallest absolute Gasteiger partial charge is 0.164 e. The van der Waals surface area contributed by atoms with E-state index in [-0.39, 0.29) is 38.8 Å². The third-order valence-electron chi connectivity index (χ3n) is 9.83. The molecule has 0 atom stereocenters. The molecule has 56 heavy (non-hydrogen) atoms. The Morgan fingerprint density at radius 2 is 1.02 bits per heavy atom. The van der Waals surface area contributed by atoms with E-state index in [4.69, 9.17) is 33.1 Å². The maximum absolute atomic E-state index is 9.43. The first-order valence-electron chi connectivity index (χ1n) is 23.8. The SMILES string of the molecule is [2H]c1c([2H])c([2H])c(-n2c3c([2H])c([2H])c([2H])c([2H])c3c3c([2H])c([2H])c([2H])c(-c4cccc(-c5nc(-c6cccc(-c7ccccc7)c6)nc(-c6ccc7c(c6)oc6ccccc67)n5)c4)c32)c([2H])c1[2H]. The molecule has 3 heterocycles. The van der Waals surface area contributed by atoms with Crippen LogP contribution in [0.25, 0.3) is 106 Å². The van der Waals surface area contributed by atoms with Crippen molar-refractivity contribution >= 4 is 43.7 Å². The molecule has 0 amide bonds. The molecule has 5 heteroatoms. The summed E-state index contributed by atoms with van der Waals surface area (Å²) >= 11 is 0. The van der Waals surface area contributed by atoms with Gasteiger partial charge in [0.1, 0.15) is 11.2 Å². The van der Waals surface area contributed by atoms with Crippen LogP contribution in [0.2, 0.25) is 0 Å². The molecule has 0 aliphatic carbocycles. The molecule has 0 saturated carbocycles. The molecule has 0 aliphatic heterocycles. The first-order chi connectivity index (χ1) is 32.7. The minimum Gasteiger partial charge on any atom is -0.456 e. The monoisotopic (exact) mass is 728 g/mol. The average Bonchev–Trinajstić information content (AvgIpc) is 3.92. The Morgan fingerprint density at radius 1 is 0.411 bits per heavy atom. The Hall–Kier alpha value is -7.63. The van der Waals surface area contributed by atoms with Gasteiger partial charge in [-0.05, 0) is 65.1 Å². The van der Waals surface area contributed by atoms with Crippen LogP contribution in [0, 0.1) is 0 Å². The van der Waals surface area contributed by atoms with E-state index >= 15 is 0 Å². The van der Waals surface area contributed by atoms with Crippen molar-refractivity contribution in [2.24, 2.45) is 0 Å². The van der Waals surface area contributed by atoms with Crippen molar-refractivity contribution < 1.29 is 20.9 Å². The highest BCUT2D eigenvalue weighted by Gasteiger charge is 2.19. The summed E-state index contributed by atoms with van der Waals surface area (Å²) in [6.07, 6.45) is 0. The van der Waals surface area contributed by atoms with Crippen LogP contribution in [0.4, 0.5) is 0 Å². The second kappa shape index (κ2) is 13.0. The molecule has 0 radical (unpaired) electrons. The number of para-hydroxylation sites is 4. The summed E-state index contributed by atoms with van der Waals surface area (Å²) in [4.78, 5) is 15.0. The van der Waals surface area contributed by atoms with Crippen LogP contribution in [0.1, 0.15) is 16.4 Å². The fraction of sp³-hybridized carbons (Fsp3) is 0. The molecule has 0 spiro atoms. The largest absolute Gasteiger partial charge is 0.456 e. The third-order valence-corrected chi connectivity index (χ3v) is 9.83. The summed E-state index contributed by atoms with van der Waals surface area (Å²) in [6, 6.07) is 30.4. The van der Waals surface area contributed by atoms with Crippen molar-refractivity contribution in [2.75, 3.05) is 0 Å². The minimum absolute atomic E-state index is 0.0388. The Kier molecular flexibility index (Phi) is 5.10. The normalized spacial score (nSPS) is 14.6. The van der Waals surface area contributed by atoms with Crippen LogP contribution < -0.4 is 0 Å². The number of rotatable bonds is 6. The van der Waals surface area contributed by atoms with E-state index in [0.717, 1.165) is 32.0 Å². The molecular weight excluding hydrogens is 685 g/mol. The summed E-state index contributed by atoms with van der Waals surface area (Å²) in [6.45, 7) is 0. The lowest BCUT2D eigenvalue weighted by molar-refractivity contribution is 0.669. The standard InChI is InChI=1S/C51H32N4O/c1-3-14-33(15-4-1)34-16-11-18-36(30-34)49-52-50(54-51(53-49)38-28-29-43-42-23-8-10-27-46(42)56-47(43)32-38)37-19-12-17-35(31-37)40-24-13-25-44-41-22-7-9-26-45(41)55(48(40)44)39-20-5-2-6-21-39/h1-32H/i2D,5D,6D,7D,9D,13D,20D,21D,22D,24D,25D,26D. The Labute approximate surface area is 339 Å². The van der Waals surface area contributed by atoms with Gasteiger partial charge >= 0.3 is 0 Å². The zero-order chi connectivity index (χ0) is 47.4. The van der Waals surface area contributed by atoms with Gasteiger partial charge in [0, 0.05) is 49.5 Å². The molecule has 0 unspecified atom stereocenters. The number of aromatic nitrogens is 4. The Morgan fingerprint density at radius 3 is 1.82 bits per heavy atom. The number of fused-ring (bicyclic) bond motifs is 6. The lowest BCUT2D eigenvalue weighted by Crippen LogP contribution is -2.00. The molecule has 8 aromatic carbocycles. The molecule has 11 aromatic rings. The quantitative estimate of drug-likeness (QED) is 0.171. The van der Waals surface area contributed by atoms with Gasteiger partial charge in [-0.2, -0.15) is 0 Å². The van der Waals surface area contributed by atoms with Crippen molar-refractivity contribution in [1.82, 2.24) is 19.5 Å². The van der Waals surface area contributed by atoms with E-state index in [1.807, 2.05) is 97.1 Å². The molecule has 0 saturated heterocycles. The van der Waals surface area contributed by atoms with Gasteiger partial charge in [-0.15, -0.1) is 0 Å². The fourth-order valence-corrected chi connectivity index (χ4v) is 7.27. The molecule has 0 N–H and O–H groups in total. The molecule has 3 aromatic heterocycles. The lowest BCUT2D eigenvalue weighted by atomic mass is 9.99. The van der Waals surface area contributed by atoms with Gasteiger partial charge < -0.3 is 8.98 Å². The number of nitrogens with zero attached hydrogens (tertiary/aromatic N) is 4. The number of benzene rings is 8. The molecular formula is C51H32N4O. The van der Waals surface area contributed by atoms with Gasteiger partial charge in [0.15, 0.2) is 17.5 Å². The van der Waals surface area contributed by atoms with E-state index < -0.39 is 78.2 Å². The van der Waals surface area contributed by atoms with E-state index in [0.29, 0.717) is 33.9 Å². The first kappa shape index (κ1) is 21.9. The summed E-state index contributed by atoms with van der Waals surface area (Å²) in [5.74, 6) is 0.889. The predicted octanol–water partition coefficient (Wildman–Crippen LogP) is 13.2. The van der Waals surface area contributed by atoms with E-state index in [1.165, 1.54) is 0 Å². The number of hydrogen-bond donors (Lipinski definition) is 0. The zero-order valence-electron chi connectivity index (χ0n) is 41.2. The van der Waals surface area contributed by atoms with E-state index in [9.17, 15) is 2.74 Å². The maximum Gasteiger partial charge on any atom is 0.164 e. The molecule has 5 nitrogen and oxygen atoms in total.